The van der Waals surface area contributed by atoms with Gasteiger partial charge in [0.2, 0.25) is 0 Å². The maximum Gasteiger partial charge on any atom is 0.394 e. The molecule has 0 aromatic heterocycles. The zero-order valence-electron chi connectivity index (χ0n) is 7.04. The summed E-state index contributed by atoms with van der Waals surface area (Å²) in [5, 5.41) is 0. The van der Waals surface area contributed by atoms with E-state index in [1.807, 2.05) is 29.3 Å². The van der Waals surface area contributed by atoms with Crippen LogP contribution in [0.4, 0.5) is 0 Å². The van der Waals surface area contributed by atoms with E-state index in [0.717, 1.165) is 0 Å². The molecule has 0 aliphatic heterocycles. The predicted octanol–water partition coefficient (Wildman–Crippen LogP) is 2.40. The first-order valence-electron chi connectivity index (χ1n) is 3.45. The minimum atomic E-state index is -4.67. The van der Waals surface area contributed by atoms with E-state index in [1.54, 1.807) is 0 Å². The first-order chi connectivity index (χ1) is 6.43. The minimum absolute atomic E-state index is 1.22. The lowest BCUT2D eigenvalue weighted by molar-refractivity contribution is 0.381. The van der Waals surface area contributed by atoms with Gasteiger partial charge in [-0.25, -0.2) is 0 Å². The molecule has 0 fully saturated rings. The van der Waals surface area contributed by atoms with Gasteiger partial charge in [-0.1, -0.05) is 46.3 Å². The van der Waals surface area contributed by atoms with E-state index in [9.17, 15) is 0 Å². The van der Waals surface area contributed by atoms with Crippen LogP contribution >= 0.6 is 15.9 Å². The van der Waals surface area contributed by atoms with Gasteiger partial charge < -0.3 is 0 Å². The molecule has 14 heavy (non-hydrogen) atoms. The van der Waals surface area contributed by atoms with E-state index in [0.29, 0.717) is 0 Å². The van der Waals surface area contributed by atoms with Crippen molar-refractivity contribution in [3.63, 3.8) is 0 Å². The Kier molecular flexibility index (Phi) is 6.39. The van der Waals surface area contributed by atoms with Crippen molar-refractivity contribution in [2.24, 2.45) is 0 Å². The molecule has 0 radical (unpaired) electrons. The van der Waals surface area contributed by atoms with Crippen LogP contribution < -0.4 is 0 Å². The standard InChI is InChI=1S/C8H7Br.H2O4S/c9-7-6-8-4-2-1-3-5-8;1-5(2,3)4/h1-7H;(H2,1,2,3,4). The first-order valence-corrected chi connectivity index (χ1v) is 5.76. The highest BCUT2D eigenvalue weighted by Gasteiger charge is 1.84. The molecule has 0 aliphatic carbocycles. The Morgan fingerprint density at radius 2 is 1.57 bits per heavy atom. The van der Waals surface area contributed by atoms with E-state index in [4.69, 9.17) is 17.5 Å². The zero-order chi connectivity index (χ0) is 11.0. The third kappa shape index (κ3) is 11.3. The third-order valence-electron chi connectivity index (χ3n) is 1.06. The van der Waals surface area contributed by atoms with Crippen molar-refractivity contribution in [1.82, 2.24) is 0 Å². The number of hydrogen-bond acceptors (Lipinski definition) is 2. The van der Waals surface area contributed by atoms with Crippen molar-refractivity contribution in [3.8, 4) is 0 Å². The van der Waals surface area contributed by atoms with E-state index in [-0.39, 0.29) is 0 Å². The Bertz CT molecular complexity index is 364. The fourth-order valence-electron chi connectivity index (χ4n) is 0.637. The van der Waals surface area contributed by atoms with Crippen molar-refractivity contribution in [3.05, 3.63) is 40.9 Å². The monoisotopic (exact) mass is 280 g/mol. The summed E-state index contributed by atoms with van der Waals surface area (Å²) in [7, 11) is -4.67. The fourth-order valence-corrected chi connectivity index (χ4v) is 0.942. The van der Waals surface area contributed by atoms with E-state index < -0.39 is 10.4 Å². The molecular weight excluding hydrogens is 272 g/mol. The SMILES string of the molecule is BrC=Cc1ccccc1.O=S(=O)(O)O. The summed E-state index contributed by atoms with van der Waals surface area (Å²) in [6.07, 6.45) is 2.00. The molecule has 0 aliphatic rings. The van der Waals surface area contributed by atoms with Crippen molar-refractivity contribution in [2.45, 2.75) is 0 Å². The second-order valence-corrected chi connectivity index (χ2v) is 3.58. The first kappa shape index (κ1) is 13.3. The molecule has 0 saturated heterocycles. The predicted molar refractivity (Wildman–Crippen MR) is 58.6 cm³/mol. The lowest BCUT2D eigenvalue weighted by Crippen LogP contribution is -1.89. The third-order valence-corrected chi connectivity index (χ3v) is 1.32. The number of hydrogen-bond donors (Lipinski definition) is 2. The largest absolute Gasteiger partial charge is 0.394 e. The molecule has 0 heterocycles. The van der Waals surface area contributed by atoms with Gasteiger partial charge in [0.05, 0.1) is 0 Å². The smallest absolute Gasteiger partial charge is 0.264 e. The van der Waals surface area contributed by atoms with Gasteiger partial charge in [-0.15, -0.1) is 0 Å². The maximum absolute atomic E-state index is 8.74. The molecule has 0 atom stereocenters. The van der Waals surface area contributed by atoms with Crippen molar-refractivity contribution < 1.29 is 17.5 Å². The highest BCUT2D eigenvalue weighted by Crippen LogP contribution is 2.01. The maximum atomic E-state index is 8.74. The van der Waals surface area contributed by atoms with Gasteiger partial charge in [0.25, 0.3) is 0 Å². The molecule has 78 valence electrons. The highest BCUT2D eigenvalue weighted by molar-refractivity contribution is 9.11. The normalized spacial score (nSPS) is 10.8. The second kappa shape index (κ2) is 6.72. The Morgan fingerprint density at radius 3 is 1.93 bits per heavy atom. The highest BCUT2D eigenvalue weighted by atomic mass is 79.9. The summed E-state index contributed by atoms with van der Waals surface area (Å²) in [5.41, 5.74) is 1.22. The van der Waals surface area contributed by atoms with Crippen LogP contribution in [0.1, 0.15) is 5.56 Å². The average Bonchev–Trinajstić information content (AvgIpc) is 2.03. The van der Waals surface area contributed by atoms with Gasteiger partial charge in [-0.3, -0.25) is 9.11 Å². The summed E-state index contributed by atoms with van der Waals surface area (Å²) in [6, 6.07) is 10.1. The molecule has 6 heteroatoms. The molecule has 0 unspecified atom stereocenters. The van der Waals surface area contributed by atoms with Crippen LogP contribution in [-0.4, -0.2) is 17.5 Å². The Labute approximate surface area is 91.0 Å². The minimum Gasteiger partial charge on any atom is -0.264 e. The molecule has 1 aromatic rings. The quantitative estimate of drug-likeness (QED) is 0.775. The average molecular weight is 281 g/mol. The summed E-state index contributed by atoms with van der Waals surface area (Å²) in [4.78, 5) is 1.85. The van der Waals surface area contributed by atoms with Crippen LogP contribution in [0.2, 0.25) is 0 Å². The second-order valence-electron chi connectivity index (χ2n) is 2.15. The van der Waals surface area contributed by atoms with Gasteiger partial charge in [0.15, 0.2) is 0 Å². The summed E-state index contributed by atoms with van der Waals surface area (Å²) < 4.78 is 31.6. The van der Waals surface area contributed by atoms with Crippen molar-refractivity contribution >= 4 is 32.4 Å². The van der Waals surface area contributed by atoms with E-state index in [1.165, 1.54) is 5.56 Å². The van der Waals surface area contributed by atoms with E-state index in [2.05, 4.69) is 28.1 Å². The fraction of sp³-hybridized carbons (Fsp3) is 0. The lowest BCUT2D eigenvalue weighted by Gasteiger charge is -1.86. The van der Waals surface area contributed by atoms with Gasteiger partial charge in [-0.2, -0.15) is 8.42 Å². The number of benzene rings is 1. The zero-order valence-corrected chi connectivity index (χ0v) is 9.44. The molecule has 0 saturated carbocycles. The molecule has 4 nitrogen and oxygen atoms in total. The van der Waals surface area contributed by atoms with Gasteiger partial charge >= 0.3 is 10.4 Å². The summed E-state index contributed by atoms with van der Waals surface area (Å²) in [6.45, 7) is 0. The van der Waals surface area contributed by atoms with Gasteiger partial charge in [-0.05, 0) is 16.6 Å². The van der Waals surface area contributed by atoms with Crippen LogP contribution in [0.5, 0.6) is 0 Å². The Morgan fingerprint density at radius 1 is 1.14 bits per heavy atom. The molecule has 0 spiro atoms. The van der Waals surface area contributed by atoms with Crippen LogP contribution in [0, 0.1) is 0 Å². The van der Waals surface area contributed by atoms with Crippen molar-refractivity contribution in [1.29, 1.82) is 0 Å². The number of halogens is 1. The van der Waals surface area contributed by atoms with Gasteiger partial charge in [0.1, 0.15) is 0 Å². The summed E-state index contributed by atoms with van der Waals surface area (Å²) >= 11 is 3.21. The van der Waals surface area contributed by atoms with Crippen LogP contribution in [0.15, 0.2) is 35.3 Å². The Balaban J connectivity index is 0.000000292. The Hall–Kier alpha value is -0.690. The molecule has 1 aromatic carbocycles. The molecular formula is C8H9BrO4S. The van der Waals surface area contributed by atoms with Crippen LogP contribution in [0.25, 0.3) is 6.08 Å². The number of rotatable bonds is 1. The van der Waals surface area contributed by atoms with Crippen molar-refractivity contribution in [2.75, 3.05) is 0 Å². The topological polar surface area (TPSA) is 74.6 Å². The molecule has 2 N–H and O–H groups in total. The van der Waals surface area contributed by atoms with Gasteiger partial charge in [0, 0.05) is 0 Å². The lowest BCUT2D eigenvalue weighted by atomic mass is 10.2. The van der Waals surface area contributed by atoms with Crippen LogP contribution in [-0.2, 0) is 10.4 Å². The molecule has 0 amide bonds. The van der Waals surface area contributed by atoms with Crippen LogP contribution in [0.3, 0.4) is 0 Å². The van der Waals surface area contributed by atoms with E-state index >= 15 is 0 Å². The summed E-state index contributed by atoms with van der Waals surface area (Å²) in [5.74, 6) is 0. The molecule has 1 rings (SSSR count). The molecule has 0 bridgehead atoms.